The zero-order valence-corrected chi connectivity index (χ0v) is 11.9. The molecule has 0 bridgehead atoms. The number of carbonyl (C=O) groups excluding carboxylic acids is 1. The summed E-state index contributed by atoms with van der Waals surface area (Å²) in [6, 6.07) is 4.89. The highest BCUT2D eigenvalue weighted by Gasteiger charge is 2.10. The average molecular weight is 283 g/mol. The van der Waals surface area contributed by atoms with Crippen LogP contribution in [0.5, 0.6) is 11.5 Å². The molecule has 1 aromatic carbocycles. The van der Waals surface area contributed by atoms with Gasteiger partial charge >= 0.3 is 0 Å². The predicted octanol–water partition coefficient (Wildman–Crippen LogP) is 0.833. The molecule has 0 atom stereocenters. The van der Waals surface area contributed by atoms with Crippen molar-refractivity contribution < 1.29 is 14.3 Å². The van der Waals surface area contributed by atoms with Crippen LogP contribution in [0.4, 0.5) is 0 Å². The molecule has 7 heteroatoms. The fourth-order valence-corrected chi connectivity index (χ4v) is 1.56. The number of hydrogen-bond donors (Lipinski definition) is 3. The molecule has 0 saturated carbocycles. The Morgan fingerprint density at radius 1 is 1.21 bits per heavy atom. The van der Waals surface area contributed by atoms with E-state index in [1.165, 1.54) is 14.2 Å². The molecule has 6 nitrogen and oxygen atoms in total. The lowest BCUT2D eigenvalue weighted by Gasteiger charge is -2.12. The average Bonchev–Trinajstić information content (AvgIpc) is 2.44. The minimum Gasteiger partial charge on any atom is -0.493 e. The maximum atomic E-state index is 11.9. The molecule has 3 N–H and O–H groups in total. The van der Waals surface area contributed by atoms with E-state index in [1.807, 2.05) is 6.92 Å². The Morgan fingerprint density at radius 3 is 2.47 bits per heavy atom. The molecule has 1 amide bonds. The number of carbonyl (C=O) groups is 1. The second-order valence-electron chi connectivity index (χ2n) is 3.51. The van der Waals surface area contributed by atoms with E-state index >= 15 is 0 Å². The number of nitrogens with one attached hydrogen (secondary N) is 3. The van der Waals surface area contributed by atoms with Gasteiger partial charge in [0.2, 0.25) is 0 Å². The van der Waals surface area contributed by atoms with E-state index in [0.717, 1.165) is 0 Å². The Kier molecular flexibility index (Phi) is 5.87. The van der Waals surface area contributed by atoms with Crippen LogP contribution < -0.4 is 25.6 Å². The molecule has 0 aliphatic rings. The van der Waals surface area contributed by atoms with Crippen LogP contribution in [0.1, 0.15) is 17.3 Å². The molecule has 0 fully saturated rings. The van der Waals surface area contributed by atoms with Gasteiger partial charge in [-0.3, -0.25) is 15.6 Å². The first kappa shape index (κ1) is 15.0. The fourth-order valence-electron chi connectivity index (χ4n) is 1.37. The third-order valence-corrected chi connectivity index (χ3v) is 2.52. The molecule has 104 valence electrons. The molecule has 0 aliphatic heterocycles. The van der Waals surface area contributed by atoms with Crippen molar-refractivity contribution in [3.05, 3.63) is 23.8 Å². The van der Waals surface area contributed by atoms with Gasteiger partial charge in [0.15, 0.2) is 16.6 Å². The minimum absolute atomic E-state index is 0.318. The van der Waals surface area contributed by atoms with E-state index in [2.05, 4.69) is 16.2 Å². The van der Waals surface area contributed by atoms with E-state index in [1.54, 1.807) is 18.2 Å². The molecule has 0 aliphatic carbocycles. The van der Waals surface area contributed by atoms with Crippen molar-refractivity contribution >= 4 is 23.2 Å². The fraction of sp³-hybridized carbons (Fsp3) is 0.333. The van der Waals surface area contributed by atoms with Gasteiger partial charge in [-0.1, -0.05) is 0 Å². The molecule has 0 radical (unpaired) electrons. The number of amides is 1. The SMILES string of the molecule is CCNC(=S)NNC(=O)c1ccc(OC)c(OC)c1. The van der Waals surface area contributed by atoms with Crippen molar-refractivity contribution in [3.63, 3.8) is 0 Å². The lowest BCUT2D eigenvalue weighted by molar-refractivity contribution is 0.0943. The molecule has 0 aromatic heterocycles. The Bertz CT molecular complexity index is 466. The topological polar surface area (TPSA) is 71.6 Å². The van der Waals surface area contributed by atoms with Gasteiger partial charge in [-0.2, -0.15) is 0 Å². The molecule has 19 heavy (non-hydrogen) atoms. The second-order valence-corrected chi connectivity index (χ2v) is 3.92. The summed E-state index contributed by atoms with van der Waals surface area (Å²) in [7, 11) is 3.05. The second kappa shape index (κ2) is 7.42. The summed E-state index contributed by atoms with van der Waals surface area (Å²) in [6.07, 6.45) is 0. The quantitative estimate of drug-likeness (QED) is 0.562. The lowest BCUT2D eigenvalue weighted by Crippen LogP contribution is -2.46. The van der Waals surface area contributed by atoms with Crippen LogP contribution in [-0.2, 0) is 0 Å². The zero-order valence-electron chi connectivity index (χ0n) is 11.1. The standard InChI is InChI=1S/C12H17N3O3S/c1-4-13-12(19)15-14-11(16)8-5-6-9(17-2)10(7-8)18-3/h5-7H,4H2,1-3H3,(H,14,16)(H2,13,15,19). The smallest absolute Gasteiger partial charge is 0.269 e. The van der Waals surface area contributed by atoms with Gasteiger partial charge in [-0.05, 0) is 37.3 Å². The van der Waals surface area contributed by atoms with Crippen molar-refractivity contribution in [2.24, 2.45) is 0 Å². The minimum atomic E-state index is -0.318. The maximum Gasteiger partial charge on any atom is 0.269 e. The van der Waals surface area contributed by atoms with E-state index in [9.17, 15) is 4.79 Å². The first-order valence-corrected chi connectivity index (χ1v) is 6.09. The molecule has 1 rings (SSSR count). The van der Waals surface area contributed by atoms with Crippen LogP contribution in [0.3, 0.4) is 0 Å². The predicted molar refractivity (Wildman–Crippen MR) is 76.4 cm³/mol. The number of hydrazine groups is 1. The van der Waals surface area contributed by atoms with Crippen molar-refractivity contribution in [3.8, 4) is 11.5 Å². The molecular formula is C12H17N3O3S. The molecular weight excluding hydrogens is 266 g/mol. The van der Waals surface area contributed by atoms with Crippen molar-refractivity contribution in [2.75, 3.05) is 20.8 Å². The summed E-state index contributed by atoms with van der Waals surface area (Å²) in [5.41, 5.74) is 5.51. The van der Waals surface area contributed by atoms with Crippen LogP contribution in [0.15, 0.2) is 18.2 Å². The van der Waals surface area contributed by atoms with Crippen molar-refractivity contribution in [1.29, 1.82) is 0 Å². The van der Waals surface area contributed by atoms with Gasteiger partial charge < -0.3 is 14.8 Å². The lowest BCUT2D eigenvalue weighted by atomic mass is 10.2. The molecule has 0 saturated heterocycles. The monoisotopic (exact) mass is 283 g/mol. The molecule has 0 heterocycles. The Labute approximate surface area is 117 Å². The summed E-state index contributed by atoms with van der Waals surface area (Å²) < 4.78 is 10.2. The Balaban J connectivity index is 2.69. The number of rotatable bonds is 4. The van der Waals surface area contributed by atoms with E-state index in [-0.39, 0.29) is 5.91 Å². The molecule has 0 spiro atoms. The van der Waals surface area contributed by atoms with Crippen LogP contribution in [-0.4, -0.2) is 31.8 Å². The molecule has 0 unspecified atom stereocenters. The largest absolute Gasteiger partial charge is 0.493 e. The number of benzene rings is 1. The summed E-state index contributed by atoms with van der Waals surface area (Å²) in [5.74, 6) is 0.737. The van der Waals surface area contributed by atoms with Crippen molar-refractivity contribution in [1.82, 2.24) is 16.2 Å². The van der Waals surface area contributed by atoms with Crippen LogP contribution >= 0.6 is 12.2 Å². The Morgan fingerprint density at radius 2 is 1.89 bits per heavy atom. The summed E-state index contributed by atoms with van der Waals surface area (Å²) in [4.78, 5) is 11.9. The van der Waals surface area contributed by atoms with E-state index in [0.29, 0.717) is 28.7 Å². The Hall–Kier alpha value is -2.02. The maximum absolute atomic E-state index is 11.9. The van der Waals surface area contributed by atoms with Gasteiger partial charge in [-0.15, -0.1) is 0 Å². The first-order chi connectivity index (χ1) is 9.12. The number of thiocarbonyl (C=S) groups is 1. The van der Waals surface area contributed by atoms with E-state index in [4.69, 9.17) is 21.7 Å². The van der Waals surface area contributed by atoms with Crippen LogP contribution in [0, 0.1) is 0 Å². The first-order valence-electron chi connectivity index (χ1n) is 5.68. The third-order valence-electron chi connectivity index (χ3n) is 2.27. The number of ether oxygens (including phenoxy) is 2. The highest BCUT2D eigenvalue weighted by atomic mass is 32.1. The zero-order chi connectivity index (χ0) is 14.3. The highest BCUT2D eigenvalue weighted by Crippen LogP contribution is 2.27. The number of methoxy groups -OCH3 is 2. The van der Waals surface area contributed by atoms with Gasteiger partial charge in [-0.25, -0.2) is 0 Å². The van der Waals surface area contributed by atoms with Gasteiger partial charge in [0, 0.05) is 12.1 Å². The van der Waals surface area contributed by atoms with Crippen LogP contribution in [0.25, 0.3) is 0 Å². The summed E-state index contributed by atoms with van der Waals surface area (Å²) in [5, 5.41) is 3.21. The van der Waals surface area contributed by atoms with Gasteiger partial charge in [0.25, 0.3) is 5.91 Å². The normalized spacial score (nSPS) is 9.42. The highest BCUT2D eigenvalue weighted by molar-refractivity contribution is 7.80. The van der Waals surface area contributed by atoms with Gasteiger partial charge in [0.05, 0.1) is 14.2 Å². The van der Waals surface area contributed by atoms with Crippen molar-refractivity contribution in [2.45, 2.75) is 6.92 Å². The third kappa shape index (κ3) is 4.29. The summed E-state index contributed by atoms with van der Waals surface area (Å²) >= 11 is 4.93. The summed E-state index contributed by atoms with van der Waals surface area (Å²) in [6.45, 7) is 2.59. The van der Waals surface area contributed by atoms with Crippen LogP contribution in [0.2, 0.25) is 0 Å². The van der Waals surface area contributed by atoms with E-state index < -0.39 is 0 Å². The van der Waals surface area contributed by atoms with Gasteiger partial charge in [0.1, 0.15) is 0 Å². The molecule has 1 aromatic rings. The number of hydrogen-bond acceptors (Lipinski definition) is 4.